The molecule has 0 unspecified atom stereocenters. The molecule has 0 aliphatic heterocycles. The van der Waals surface area contributed by atoms with Gasteiger partial charge in [0.05, 0.1) is 41.2 Å². The summed E-state index contributed by atoms with van der Waals surface area (Å²) in [5.41, 5.74) is 3.26. The lowest BCUT2D eigenvalue weighted by Crippen LogP contribution is -2.06. The normalized spacial score (nSPS) is 10.6. The molecule has 0 spiro atoms. The number of carbonyl (C=O) groups is 1. The number of carbonyl (C=O) groups excluding carboxylic acids is 1. The first-order valence-corrected chi connectivity index (χ1v) is 10.9. The van der Waals surface area contributed by atoms with E-state index in [2.05, 4.69) is 17.6 Å². The third kappa shape index (κ3) is 6.44. The van der Waals surface area contributed by atoms with Crippen molar-refractivity contribution >= 4 is 40.4 Å². The molecule has 0 aliphatic carbocycles. The van der Waals surface area contributed by atoms with Crippen LogP contribution in [0.4, 0.5) is 11.4 Å². The fourth-order valence-corrected chi connectivity index (χ4v) is 3.69. The van der Waals surface area contributed by atoms with Crippen LogP contribution in [0.3, 0.4) is 0 Å². The number of Topliss-reactive ketones (excluding diaryl/α,β-unsaturated/α-hetero) is 1. The Kier molecular flexibility index (Phi) is 9.60. The topological polar surface area (TPSA) is 59.6 Å². The second-order valence-electron chi connectivity index (χ2n) is 7.00. The van der Waals surface area contributed by atoms with Crippen LogP contribution in [0.1, 0.15) is 49.0 Å². The summed E-state index contributed by atoms with van der Waals surface area (Å²) in [6, 6.07) is 7.34. The maximum Gasteiger partial charge on any atom is 0.163 e. The van der Waals surface area contributed by atoms with Crippen molar-refractivity contribution < 1.29 is 14.3 Å². The zero-order valence-corrected chi connectivity index (χ0v) is 19.5. The van der Waals surface area contributed by atoms with Crippen molar-refractivity contribution in [1.82, 2.24) is 0 Å². The summed E-state index contributed by atoms with van der Waals surface area (Å²) in [7, 11) is 3.22. The van der Waals surface area contributed by atoms with Crippen LogP contribution in [0.2, 0.25) is 10.0 Å². The molecular weight excluding hydrogens is 423 g/mol. The number of methoxy groups -OCH3 is 2. The predicted octanol–water partition coefficient (Wildman–Crippen LogP) is 6.47. The van der Waals surface area contributed by atoms with Crippen LogP contribution in [-0.2, 0) is 6.42 Å². The van der Waals surface area contributed by atoms with Gasteiger partial charge in [0.1, 0.15) is 11.5 Å². The average Bonchev–Trinajstić information content (AvgIpc) is 2.74. The van der Waals surface area contributed by atoms with Gasteiger partial charge in [-0.05, 0) is 50.3 Å². The lowest BCUT2D eigenvalue weighted by molar-refractivity contribution is 0.101. The smallest absolute Gasteiger partial charge is 0.163 e. The van der Waals surface area contributed by atoms with E-state index in [1.54, 1.807) is 26.4 Å². The average molecular weight is 453 g/mol. The van der Waals surface area contributed by atoms with Crippen molar-refractivity contribution in [3.05, 3.63) is 45.4 Å². The Balaban J connectivity index is 1.77. The molecule has 2 aromatic rings. The number of unbranched alkanes of at least 4 members (excludes halogenated alkanes) is 2. The summed E-state index contributed by atoms with van der Waals surface area (Å²) in [6.45, 7) is 5.19. The third-order valence-corrected chi connectivity index (χ3v) is 5.53. The van der Waals surface area contributed by atoms with Crippen LogP contribution in [0.5, 0.6) is 11.5 Å². The van der Waals surface area contributed by atoms with Crippen LogP contribution in [0.15, 0.2) is 24.3 Å². The molecule has 2 aromatic carbocycles. The molecule has 0 amide bonds. The van der Waals surface area contributed by atoms with Gasteiger partial charge in [-0.3, -0.25) is 4.79 Å². The molecule has 0 saturated carbocycles. The van der Waals surface area contributed by atoms with Crippen LogP contribution in [-0.4, -0.2) is 33.1 Å². The van der Waals surface area contributed by atoms with E-state index in [0.29, 0.717) is 21.4 Å². The number of benzene rings is 2. The Bertz CT molecular complexity index is 872. The van der Waals surface area contributed by atoms with Gasteiger partial charge in [-0.25, -0.2) is 0 Å². The Hall–Kier alpha value is -2.11. The largest absolute Gasteiger partial charge is 0.496 e. The van der Waals surface area contributed by atoms with Gasteiger partial charge in [0, 0.05) is 25.2 Å². The van der Waals surface area contributed by atoms with E-state index < -0.39 is 0 Å². The molecule has 0 aromatic heterocycles. The van der Waals surface area contributed by atoms with E-state index in [1.807, 2.05) is 12.1 Å². The number of nitrogens with one attached hydrogen (secondary N) is 2. The summed E-state index contributed by atoms with van der Waals surface area (Å²) in [4.78, 5) is 11.7. The lowest BCUT2D eigenvalue weighted by Gasteiger charge is -2.14. The van der Waals surface area contributed by atoms with Crippen LogP contribution < -0.4 is 20.1 Å². The van der Waals surface area contributed by atoms with Gasteiger partial charge in [-0.1, -0.05) is 30.1 Å². The molecule has 0 atom stereocenters. The number of rotatable bonds is 12. The number of ether oxygens (including phenoxy) is 2. The Morgan fingerprint density at radius 1 is 0.867 bits per heavy atom. The lowest BCUT2D eigenvalue weighted by atomic mass is 10.1. The van der Waals surface area contributed by atoms with Gasteiger partial charge in [-0.2, -0.15) is 0 Å². The molecule has 7 heteroatoms. The number of hydrogen-bond acceptors (Lipinski definition) is 5. The quantitative estimate of drug-likeness (QED) is 0.285. The minimum atomic E-state index is -0.0742. The highest BCUT2D eigenvalue weighted by molar-refractivity contribution is 6.34. The summed E-state index contributed by atoms with van der Waals surface area (Å²) < 4.78 is 10.7. The van der Waals surface area contributed by atoms with Gasteiger partial charge in [0.25, 0.3) is 0 Å². The minimum Gasteiger partial charge on any atom is -0.496 e. The van der Waals surface area contributed by atoms with Crippen molar-refractivity contribution in [3.8, 4) is 11.5 Å². The van der Waals surface area contributed by atoms with E-state index in [0.717, 1.165) is 61.5 Å². The van der Waals surface area contributed by atoms with Crippen LogP contribution in [0, 0.1) is 0 Å². The number of hydrogen-bond donors (Lipinski definition) is 2. The molecule has 0 heterocycles. The monoisotopic (exact) mass is 452 g/mol. The van der Waals surface area contributed by atoms with E-state index >= 15 is 0 Å². The highest BCUT2D eigenvalue weighted by atomic mass is 35.5. The van der Waals surface area contributed by atoms with Gasteiger partial charge in [0.15, 0.2) is 5.78 Å². The van der Waals surface area contributed by atoms with Gasteiger partial charge in [0.2, 0.25) is 0 Å². The van der Waals surface area contributed by atoms with E-state index in [-0.39, 0.29) is 5.78 Å². The van der Waals surface area contributed by atoms with Crippen LogP contribution in [0.25, 0.3) is 0 Å². The summed E-state index contributed by atoms with van der Waals surface area (Å²) in [5.74, 6) is 1.31. The Morgan fingerprint density at radius 2 is 1.40 bits per heavy atom. The van der Waals surface area contributed by atoms with Crippen molar-refractivity contribution in [2.24, 2.45) is 0 Å². The molecule has 30 heavy (non-hydrogen) atoms. The van der Waals surface area contributed by atoms with E-state index in [4.69, 9.17) is 32.7 Å². The molecular formula is C23H30Cl2N2O3. The number of aryl methyl sites for hydroxylation is 1. The molecule has 0 bridgehead atoms. The molecule has 2 rings (SSSR count). The van der Waals surface area contributed by atoms with E-state index in [9.17, 15) is 4.79 Å². The van der Waals surface area contributed by atoms with Crippen LogP contribution >= 0.6 is 23.2 Å². The van der Waals surface area contributed by atoms with E-state index in [1.165, 1.54) is 6.92 Å². The number of anilines is 2. The second kappa shape index (κ2) is 11.9. The summed E-state index contributed by atoms with van der Waals surface area (Å²) in [5, 5.41) is 7.93. The fraction of sp³-hybridized carbons (Fsp3) is 0.435. The number of ketones is 1. The fourth-order valence-electron chi connectivity index (χ4n) is 3.20. The molecule has 2 N–H and O–H groups in total. The first-order valence-electron chi connectivity index (χ1n) is 10.1. The first-order chi connectivity index (χ1) is 14.4. The first kappa shape index (κ1) is 24.2. The number of halogens is 2. The highest BCUT2D eigenvalue weighted by Crippen LogP contribution is 2.32. The molecule has 0 radical (unpaired) electrons. The molecule has 0 aliphatic rings. The van der Waals surface area contributed by atoms with Crippen molar-refractivity contribution in [1.29, 1.82) is 0 Å². The Morgan fingerprint density at radius 3 is 1.90 bits per heavy atom. The Labute approximate surface area is 189 Å². The zero-order valence-electron chi connectivity index (χ0n) is 18.0. The van der Waals surface area contributed by atoms with Crippen molar-refractivity contribution in [2.45, 2.75) is 39.5 Å². The highest BCUT2D eigenvalue weighted by Gasteiger charge is 2.12. The third-order valence-electron chi connectivity index (χ3n) is 4.90. The van der Waals surface area contributed by atoms with Gasteiger partial charge < -0.3 is 20.1 Å². The molecule has 5 nitrogen and oxygen atoms in total. The molecule has 0 saturated heterocycles. The second-order valence-corrected chi connectivity index (χ2v) is 7.81. The maximum atomic E-state index is 11.7. The minimum absolute atomic E-state index is 0.0742. The summed E-state index contributed by atoms with van der Waals surface area (Å²) in [6.07, 6.45) is 3.92. The predicted molar refractivity (Wildman–Crippen MR) is 126 cm³/mol. The van der Waals surface area contributed by atoms with Gasteiger partial charge >= 0.3 is 0 Å². The zero-order chi connectivity index (χ0) is 22.1. The van der Waals surface area contributed by atoms with Crippen molar-refractivity contribution in [2.75, 3.05) is 37.9 Å². The summed E-state index contributed by atoms with van der Waals surface area (Å²) >= 11 is 12.7. The standard InChI is InChI=1S/C23H30Cl2N2O3/c1-5-16-11-18(24)20(13-22(16)29-3)26-9-7-6-8-10-27-21-14-23(30-4)17(15(2)28)12-19(21)25/h11-14,26-27H,5-10H2,1-4H3. The SMILES string of the molecule is CCc1cc(Cl)c(NCCCCCNc2cc(OC)c(C(C)=O)cc2Cl)cc1OC. The molecule has 164 valence electrons. The maximum absolute atomic E-state index is 11.7. The van der Waals surface area contributed by atoms with Crippen molar-refractivity contribution in [3.63, 3.8) is 0 Å². The van der Waals surface area contributed by atoms with Gasteiger partial charge in [-0.15, -0.1) is 0 Å². The molecule has 0 fully saturated rings.